The van der Waals surface area contributed by atoms with Crippen molar-refractivity contribution in [1.82, 2.24) is 9.38 Å². The van der Waals surface area contributed by atoms with Gasteiger partial charge >= 0.3 is 0 Å². The van der Waals surface area contributed by atoms with Crippen LogP contribution in [-0.4, -0.2) is 25.7 Å². The van der Waals surface area contributed by atoms with E-state index in [0.29, 0.717) is 17.0 Å². The van der Waals surface area contributed by atoms with Crippen molar-refractivity contribution in [2.75, 3.05) is 0 Å². The molecule has 0 aliphatic carbocycles. The molecule has 124 valence electrons. The van der Waals surface area contributed by atoms with Crippen molar-refractivity contribution < 1.29 is 14.9 Å². The quantitative estimate of drug-likeness (QED) is 0.722. The zero-order valence-electron chi connectivity index (χ0n) is 13.9. The number of fused-ring (bicyclic) bond motifs is 3. The lowest BCUT2D eigenvalue weighted by Gasteiger charge is -2.41. The lowest BCUT2D eigenvalue weighted by molar-refractivity contribution is -0.131. The molecular weight excluding hydrogens is 304 g/mol. The maximum Gasteiger partial charge on any atom is 0.180 e. The van der Waals surface area contributed by atoms with Crippen LogP contribution in [0.1, 0.15) is 35.5 Å². The second-order valence-electron chi connectivity index (χ2n) is 6.58. The van der Waals surface area contributed by atoms with E-state index in [1.165, 1.54) is 0 Å². The summed E-state index contributed by atoms with van der Waals surface area (Å²) in [6.07, 6.45) is 0.126. The predicted octanol–water partition coefficient (Wildman–Crippen LogP) is 2.65. The Morgan fingerprint density at radius 2 is 1.88 bits per heavy atom. The number of imidazole rings is 1. The number of rotatable bonds is 1. The molecule has 1 aliphatic rings. The number of hydrogen-bond donors (Lipinski definition) is 2. The third kappa shape index (κ3) is 1.98. The summed E-state index contributed by atoms with van der Waals surface area (Å²) in [5, 5.41) is 21.7. The van der Waals surface area contributed by atoms with Crippen molar-refractivity contribution >= 4 is 5.65 Å². The Hall–Kier alpha value is -2.37. The molecule has 0 saturated heterocycles. The van der Waals surface area contributed by atoms with Gasteiger partial charge in [-0.15, -0.1) is 0 Å². The number of benzene rings is 1. The standard InChI is InChI=1S/C19H20N2O3/c1-11-12(2)21-10-9-14-16(18(21)20-11)24-15(17(22)19(14,3)23)13-7-5-4-6-8-13/h4-10,15,17,22-23H,1-3H3/t15-,17-,19-/m1/s1. The third-order valence-electron chi connectivity index (χ3n) is 5.01. The highest BCUT2D eigenvalue weighted by molar-refractivity contribution is 5.62. The van der Waals surface area contributed by atoms with E-state index in [1.807, 2.05) is 54.8 Å². The maximum absolute atomic E-state index is 11.0. The van der Waals surface area contributed by atoms with Gasteiger partial charge in [0.15, 0.2) is 17.5 Å². The number of ether oxygens (including phenoxy) is 1. The minimum atomic E-state index is -1.43. The highest BCUT2D eigenvalue weighted by atomic mass is 16.5. The van der Waals surface area contributed by atoms with E-state index in [2.05, 4.69) is 4.98 Å². The smallest absolute Gasteiger partial charge is 0.180 e. The highest BCUT2D eigenvalue weighted by Gasteiger charge is 2.47. The van der Waals surface area contributed by atoms with Gasteiger partial charge in [0.1, 0.15) is 11.7 Å². The SMILES string of the molecule is Cc1nc2c3c(ccn2c1C)[C@@](C)(O)[C@H](O)[C@@H](c1ccccc1)O3. The van der Waals surface area contributed by atoms with Gasteiger partial charge in [-0.3, -0.25) is 0 Å². The van der Waals surface area contributed by atoms with Gasteiger partial charge in [0.2, 0.25) is 0 Å². The van der Waals surface area contributed by atoms with Gasteiger partial charge < -0.3 is 19.4 Å². The summed E-state index contributed by atoms with van der Waals surface area (Å²) in [5.74, 6) is 0.526. The van der Waals surface area contributed by atoms with Crippen molar-refractivity contribution in [2.45, 2.75) is 38.6 Å². The summed E-state index contributed by atoms with van der Waals surface area (Å²) in [7, 11) is 0. The van der Waals surface area contributed by atoms with Gasteiger partial charge in [0, 0.05) is 17.5 Å². The van der Waals surface area contributed by atoms with E-state index in [0.717, 1.165) is 17.0 Å². The Kier molecular flexibility index (Phi) is 3.20. The number of aliphatic hydroxyl groups is 2. The fourth-order valence-corrected chi connectivity index (χ4v) is 3.37. The molecule has 2 aromatic heterocycles. The van der Waals surface area contributed by atoms with Gasteiger partial charge in [-0.2, -0.15) is 0 Å². The summed E-state index contributed by atoms with van der Waals surface area (Å²) in [6, 6.07) is 11.2. The summed E-state index contributed by atoms with van der Waals surface area (Å²) in [4.78, 5) is 4.59. The van der Waals surface area contributed by atoms with Crippen LogP contribution in [0.25, 0.3) is 5.65 Å². The fourth-order valence-electron chi connectivity index (χ4n) is 3.37. The van der Waals surface area contributed by atoms with Gasteiger partial charge in [-0.05, 0) is 32.4 Å². The topological polar surface area (TPSA) is 67.0 Å². The van der Waals surface area contributed by atoms with Crippen molar-refractivity contribution in [3.05, 3.63) is 65.1 Å². The zero-order chi connectivity index (χ0) is 17.1. The lowest BCUT2D eigenvalue weighted by atomic mass is 9.82. The van der Waals surface area contributed by atoms with Crippen LogP contribution in [-0.2, 0) is 5.60 Å². The molecule has 0 amide bonds. The van der Waals surface area contributed by atoms with Crippen molar-refractivity contribution in [2.24, 2.45) is 0 Å². The number of aromatic nitrogens is 2. The van der Waals surface area contributed by atoms with E-state index < -0.39 is 17.8 Å². The molecule has 0 unspecified atom stereocenters. The molecule has 1 aliphatic heterocycles. The summed E-state index contributed by atoms with van der Waals surface area (Å²) >= 11 is 0. The van der Waals surface area contributed by atoms with Crippen LogP contribution in [0.3, 0.4) is 0 Å². The Balaban J connectivity index is 1.95. The predicted molar refractivity (Wildman–Crippen MR) is 90.1 cm³/mol. The van der Waals surface area contributed by atoms with Gasteiger partial charge in [-0.1, -0.05) is 30.3 Å². The second kappa shape index (κ2) is 5.06. The number of aliphatic hydroxyl groups excluding tert-OH is 1. The van der Waals surface area contributed by atoms with E-state index in [4.69, 9.17) is 4.74 Å². The zero-order valence-corrected chi connectivity index (χ0v) is 13.9. The van der Waals surface area contributed by atoms with Crippen LogP contribution in [0, 0.1) is 13.8 Å². The molecule has 0 saturated carbocycles. The average molecular weight is 324 g/mol. The molecule has 3 heterocycles. The largest absolute Gasteiger partial charge is 0.479 e. The van der Waals surface area contributed by atoms with E-state index >= 15 is 0 Å². The van der Waals surface area contributed by atoms with Gasteiger partial charge in [-0.25, -0.2) is 4.98 Å². The van der Waals surface area contributed by atoms with Crippen LogP contribution < -0.4 is 4.74 Å². The number of aryl methyl sites for hydroxylation is 2. The molecule has 24 heavy (non-hydrogen) atoms. The summed E-state index contributed by atoms with van der Waals surface area (Å²) in [5.41, 5.74) is 2.55. The van der Waals surface area contributed by atoms with Crippen LogP contribution in [0.15, 0.2) is 42.6 Å². The molecule has 3 aromatic rings. The molecule has 0 fully saturated rings. The fraction of sp³-hybridized carbons (Fsp3) is 0.316. The van der Waals surface area contributed by atoms with Crippen LogP contribution in [0.2, 0.25) is 0 Å². The Morgan fingerprint density at radius 1 is 1.17 bits per heavy atom. The average Bonchev–Trinajstić information content (AvgIpc) is 2.87. The van der Waals surface area contributed by atoms with Crippen molar-refractivity contribution in [1.29, 1.82) is 0 Å². The summed E-state index contributed by atoms with van der Waals surface area (Å²) < 4.78 is 8.10. The highest BCUT2D eigenvalue weighted by Crippen LogP contribution is 2.46. The minimum Gasteiger partial charge on any atom is -0.479 e. The molecule has 3 atom stereocenters. The van der Waals surface area contributed by atoms with E-state index in [-0.39, 0.29) is 0 Å². The third-order valence-corrected chi connectivity index (χ3v) is 5.01. The molecule has 5 heteroatoms. The van der Waals surface area contributed by atoms with Crippen LogP contribution in [0.4, 0.5) is 0 Å². The first-order valence-electron chi connectivity index (χ1n) is 8.02. The molecule has 4 rings (SSSR count). The molecule has 5 nitrogen and oxygen atoms in total. The normalized spacial score (nSPS) is 26.2. The molecule has 2 N–H and O–H groups in total. The van der Waals surface area contributed by atoms with E-state index in [1.54, 1.807) is 13.0 Å². The number of pyridine rings is 1. The molecule has 1 aromatic carbocycles. The molecule has 0 spiro atoms. The molecular formula is C19H20N2O3. The first-order valence-corrected chi connectivity index (χ1v) is 8.02. The van der Waals surface area contributed by atoms with Crippen LogP contribution >= 0.6 is 0 Å². The first kappa shape index (κ1) is 15.2. The van der Waals surface area contributed by atoms with Crippen molar-refractivity contribution in [3.63, 3.8) is 0 Å². The summed E-state index contributed by atoms with van der Waals surface area (Å²) in [6.45, 7) is 5.56. The van der Waals surface area contributed by atoms with Crippen LogP contribution in [0.5, 0.6) is 5.75 Å². The number of nitrogens with zero attached hydrogens (tertiary/aromatic N) is 2. The Morgan fingerprint density at radius 3 is 2.58 bits per heavy atom. The monoisotopic (exact) mass is 324 g/mol. The minimum absolute atomic E-state index is 0.526. The van der Waals surface area contributed by atoms with Crippen molar-refractivity contribution in [3.8, 4) is 5.75 Å². The number of hydrogen-bond acceptors (Lipinski definition) is 4. The Labute approximate surface area is 140 Å². The maximum atomic E-state index is 11.0. The Bertz CT molecular complexity index is 915. The second-order valence-corrected chi connectivity index (χ2v) is 6.58. The lowest BCUT2D eigenvalue weighted by Crippen LogP contribution is -2.46. The van der Waals surface area contributed by atoms with Gasteiger partial charge in [0.05, 0.1) is 5.69 Å². The first-order chi connectivity index (χ1) is 11.4. The molecule has 0 radical (unpaired) electrons. The molecule has 0 bridgehead atoms. The van der Waals surface area contributed by atoms with Gasteiger partial charge in [0.25, 0.3) is 0 Å². The van der Waals surface area contributed by atoms with E-state index in [9.17, 15) is 10.2 Å².